The zero-order valence-corrected chi connectivity index (χ0v) is 14.6. The number of hydrogen-bond donors (Lipinski definition) is 0. The van der Waals surface area contributed by atoms with Gasteiger partial charge in [-0.2, -0.15) is 0 Å². The molecule has 1 saturated heterocycles. The van der Waals surface area contributed by atoms with E-state index < -0.39 is 6.10 Å². The molecule has 3 atom stereocenters. The number of hydrogen-bond acceptors (Lipinski definition) is 6. The number of piperidine rings is 1. The summed E-state index contributed by atoms with van der Waals surface area (Å²) in [5.74, 6) is 1.69. The van der Waals surface area contributed by atoms with Gasteiger partial charge in [-0.1, -0.05) is 12.1 Å². The predicted octanol–water partition coefficient (Wildman–Crippen LogP) is 2.07. The Morgan fingerprint density at radius 3 is 2.81 bits per heavy atom. The maximum absolute atomic E-state index is 13.0. The number of benzene rings is 1. The van der Waals surface area contributed by atoms with Crippen molar-refractivity contribution < 1.29 is 19.0 Å². The Morgan fingerprint density at radius 1 is 1.23 bits per heavy atom. The van der Waals surface area contributed by atoms with Crippen molar-refractivity contribution in [1.29, 1.82) is 0 Å². The summed E-state index contributed by atoms with van der Waals surface area (Å²) in [7, 11) is 0. The van der Waals surface area contributed by atoms with Crippen molar-refractivity contribution in [3.63, 3.8) is 0 Å². The summed E-state index contributed by atoms with van der Waals surface area (Å²) >= 11 is 0. The van der Waals surface area contributed by atoms with Gasteiger partial charge in [0, 0.05) is 18.9 Å². The van der Waals surface area contributed by atoms with Crippen molar-refractivity contribution in [3.8, 4) is 17.4 Å². The molecule has 0 spiro atoms. The third-order valence-corrected chi connectivity index (χ3v) is 4.60. The number of fused-ring (bicyclic) bond motifs is 1. The van der Waals surface area contributed by atoms with Gasteiger partial charge in [0.1, 0.15) is 12.2 Å². The number of amides is 1. The summed E-state index contributed by atoms with van der Waals surface area (Å²) in [6.45, 7) is 3.05. The fourth-order valence-corrected chi connectivity index (χ4v) is 3.32. The van der Waals surface area contributed by atoms with E-state index in [9.17, 15) is 4.79 Å². The predicted molar refractivity (Wildman–Crippen MR) is 93.2 cm³/mol. The van der Waals surface area contributed by atoms with E-state index >= 15 is 0 Å². The summed E-state index contributed by atoms with van der Waals surface area (Å²) in [4.78, 5) is 22.9. The lowest BCUT2D eigenvalue weighted by Gasteiger charge is -2.37. The van der Waals surface area contributed by atoms with Crippen molar-refractivity contribution in [3.05, 3.63) is 42.9 Å². The van der Waals surface area contributed by atoms with Gasteiger partial charge >= 0.3 is 0 Å². The first-order valence-corrected chi connectivity index (χ1v) is 8.84. The highest BCUT2D eigenvalue weighted by Crippen LogP contribution is 2.34. The lowest BCUT2D eigenvalue weighted by Crippen LogP contribution is -2.54. The van der Waals surface area contributed by atoms with Gasteiger partial charge in [0.05, 0.1) is 12.7 Å². The number of ether oxygens (including phenoxy) is 3. The van der Waals surface area contributed by atoms with Gasteiger partial charge in [-0.15, -0.1) is 0 Å². The fraction of sp³-hybridized carbons (Fsp3) is 0.421. The van der Waals surface area contributed by atoms with Crippen LogP contribution >= 0.6 is 0 Å². The van der Waals surface area contributed by atoms with E-state index in [1.54, 1.807) is 23.5 Å². The molecule has 7 heteroatoms. The van der Waals surface area contributed by atoms with Crippen molar-refractivity contribution in [1.82, 2.24) is 14.9 Å². The molecule has 0 bridgehead atoms. The molecule has 0 radical (unpaired) electrons. The van der Waals surface area contributed by atoms with E-state index in [1.165, 1.54) is 0 Å². The van der Waals surface area contributed by atoms with E-state index in [0.29, 0.717) is 30.5 Å². The van der Waals surface area contributed by atoms with Crippen LogP contribution in [0.4, 0.5) is 0 Å². The lowest BCUT2D eigenvalue weighted by atomic mass is 10.1. The number of aromatic nitrogens is 2. The average molecular weight is 355 g/mol. The highest BCUT2D eigenvalue weighted by molar-refractivity contribution is 5.82. The Morgan fingerprint density at radius 2 is 2.04 bits per heavy atom. The minimum atomic E-state index is -0.653. The third kappa shape index (κ3) is 3.42. The zero-order valence-electron chi connectivity index (χ0n) is 14.6. The monoisotopic (exact) mass is 355 g/mol. The Bertz CT molecular complexity index is 770. The van der Waals surface area contributed by atoms with Crippen molar-refractivity contribution >= 4 is 5.91 Å². The SMILES string of the molecule is CC1Oc2ccccc2OC1C(=O)N1CCCC(Oc2cnccn2)C1. The largest absolute Gasteiger partial charge is 0.482 e. The van der Waals surface area contributed by atoms with E-state index in [1.807, 2.05) is 31.2 Å². The van der Waals surface area contributed by atoms with Crippen LogP contribution in [0.3, 0.4) is 0 Å². The molecule has 136 valence electrons. The Balaban J connectivity index is 1.43. The first-order chi connectivity index (χ1) is 12.7. The Kier molecular flexibility index (Phi) is 4.60. The molecule has 4 rings (SSSR count). The quantitative estimate of drug-likeness (QED) is 0.839. The molecule has 1 fully saturated rings. The number of likely N-dealkylation sites (tertiary alicyclic amines) is 1. The highest BCUT2D eigenvalue weighted by Gasteiger charge is 2.38. The minimum absolute atomic E-state index is 0.0700. The summed E-state index contributed by atoms with van der Waals surface area (Å²) in [5.41, 5.74) is 0. The van der Waals surface area contributed by atoms with Gasteiger partial charge in [0.2, 0.25) is 12.0 Å². The van der Waals surface area contributed by atoms with Crippen molar-refractivity contribution in [2.75, 3.05) is 13.1 Å². The molecule has 1 aromatic carbocycles. The Labute approximate surface area is 151 Å². The van der Waals surface area contributed by atoms with E-state index in [2.05, 4.69) is 9.97 Å². The van der Waals surface area contributed by atoms with Gasteiger partial charge in [0.25, 0.3) is 5.91 Å². The molecule has 7 nitrogen and oxygen atoms in total. The molecule has 3 unspecified atom stereocenters. The van der Waals surface area contributed by atoms with Crippen LogP contribution in [0.25, 0.3) is 0 Å². The molecule has 0 saturated carbocycles. The molecular formula is C19H21N3O4. The molecule has 0 N–H and O–H groups in total. The van der Waals surface area contributed by atoms with Crippen LogP contribution in [0.1, 0.15) is 19.8 Å². The standard InChI is InChI=1S/C19H21N3O4/c1-13-18(26-16-7-3-2-6-15(16)24-13)19(23)22-10-4-5-14(12-22)25-17-11-20-8-9-21-17/h2-3,6-9,11,13-14,18H,4-5,10,12H2,1H3. The Hall–Kier alpha value is -2.83. The number of carbonyl (C=O) groups is 1. The number of para-hydroxylation sites is 2. The van der Waals surface area contributed by atoms with Crippen LogP contribution in [0.5, 0.6) is 17.4 Å². The maximum Gasteiger partial charge on any atom is 0.267 e. The third-order valence-electron chi connectivity index (χ3n) is 4.60. The first kappa shape index (κ1) is 16.6. The van der Waals surface area contributed by atoms with Crippen LogP contribution in [-0.2, 0) is 4.79 Å². The summed E-state index contributed by atoms with van der Waals surface area (Å²) < 4.78 is 17.7. The fourth-order valence-electron chi connectivity index (χ4n) is 3.32. The lowest BCUT2D eigenvalue weighted by molar-refractivity contribution is -0.147. The van der Waals surface area contributed by atoms with Crippen LogP contribution in [0.15, 0.2) is 42.9 Å². The number of carbonyl (C=O) groups excluding carboxylic acids is 1. The van der Waals surface area contributed by atoms with Gasteiger partial charge in [-0.05, 0) is 31.9 Å². The molecule has 0 aliphatic carbocycles. The second-order valence-electron chi connectivity index (χ2n) is 6.52. The second kappa shape index (κ2) is 7.19. The molecule has 1 amide bonds. The van der Waals surface area contributed by atoms with Gasteiger partial charge in [-0.3, -0.25) is 9.78 Å². The summed E-state index contributed by atoms with van der Waals surface area (Å²) in [6.07, 6.45) is 5.42. The molecule has 2 aromatic rings. The van der Waals surface area contributed by atoms with E-state index in [0.717, 1.165) is 12.8 Å². The average Bonchev–Trinajstić information content (AvgIpc) is 2.68. The first-order valence-electron chi connectivity index (χ1n) is 8.84. The van der Waals surface area contributed by atoms with E-state index in [4.69, 9.17) is 14.2 Å². The topological polar surface area (TPSA) is 73.8 Å². The number of rotatable bonds is 3. The van der Waals surface area contributed by atoms with Gasteiger partial charge in [0.15, 0.2) is 11.5 Å². The molecule has 3 heterocycles. The van der Waals surface area contributed by atoms with Crippen LogP contribution in [-0.4, -0.2) is 52.2 Å². The van der Waals surface area contributed by atoms with Crippen molar-refractivity contribution in [2.45, 2.75) is 38.1 Å². The van der Waals surface area contributed by atoms with E-state index in [-0.39, 0.29) is 18.1 Å². The van der Waals surface area contributed by atoms with Crippen LogP contribution in [0.2, 0.25) is 0 Å². The molecule has 1 aromatic heterocycles. The summed E-state index contributed by atoms with van der Waals surface area (Å²) in [5, 5.41) is 0. The van der Waals surface area contributed by atoms with Gasteiger partial charge < -0.3 is 19.1 Å². The number of nitrogens with zero attached hydrogens (tertiary/aromatic N) is 3. The second-order valence-corrected chi connectivity index (χ2v) is 6.52. The van der Waals surface area contributed by atoms with Crippen LogP contribution in [0, 0.1) is 0 Å². The van der Waals surface area contributed by atoms with Crippen LogP contribution < -0.4 is 14.2 Å². The normalized spacial score (nSPS) is 24.8. The maximum atomic E-state index is 13.0. The molecule has 2 aliphatic rings. The smallest absolute Gasteiger partial charge is 0.267 e. The molecular weight excluding hydrogens is 334 g/mol. The zero-order chi connectivity index (χ0) is 17.9. The van der Waals surface area contributed by atoms with Crippen molar-refractivity contribution in [2.24, 2.45) is 0 Å². The van der Waals surface area contributed by atoms with Gasteiger partial charge in [-0.25, -0.2) is 4.98 Å². The summed E-state index contributed by atoms with van der Waals surface area (Å²) in [6, 6.07) is 7.41. The molecule has 2 aliphatic heterocycles. The highest BCUT2D eigenvalue weighted by atomic mass is 16.6. The molecule has 26 heavy (non-hydrogen) atoms. The minimum Gasteiger partial charge on any atom is -0.482 e.